The number of aliphatic hydroxyl groups excluding tert-OH is 1. The second-order valence-corrected chi connectivity index (χ2v) is 29.5. The highest BCUT2D eigenvalue weighted by Gasteiger charge is 2.38. The second kappa shape index (κ2) is 26.2. The first-order valence-electron chi connectivity index (χ1n) is 22.0. The molecule has 0 saturated carbocycles. The van der Waals surface area contributed by atoms with Gasteiger partial charge in [0.15, 0.2) is 29.2 Å². The first-order valence-corrected chi connectivity index (χ1v) is 27.9. The Balaban J connectivity index is 0.000000570. The van der Waals surface area contributed by atoms with Crippen molar-refractivity contribution in [1.29, 1.82) is 0 Å². The molecular formula is C48H90O7Si2. The Morgan fingerprint density at radius 3 is 1.42 bits per heavy atom. The van der Waals surface area contributed by atoms with Crippen molar-refractivity contribution >= 4 is 16.6 Å². The van der Waals surface area contributed by atoms with E-state index in [1.807, 2.05) is 6.08 Å². The Morgan fingerprint density at radius 1 is 0.667 bits per heavy atom. The molecular weight excluding hydrogens is 745 g/mol. The van der Waals surface area contributed by atoms with Gasteiger partial charge in [0, 0.05) is 46.9 Å². The Labute approximate surface area is 354 Å². The lowest BCUT2D eigenvalue weighted by atomic mass is 9.92. The monoisotopic (exact) mass is 835 g/mol. The number of aliphatic hydroxyl groups is 1. The molecule has 57 heavy (non-hydrogen) atoms. The van der Waals surface area contributed by atoms with Gasteiger partial charge < -0.3 is 32.9 Å². The van der Waals surface area contributed by atoms with E-state index in [0.29, 0.717) is 11.8 Å². The van der Waals surface area contributed by atoms with Crippen molar-refractivity contribution in [3.05, 3.63) is 59.3 Å². The van der Waals surface area contributed by atoms with E-state index in [9.17, 15) is 0 Å². The lowest BCUT2D eigenvalue weighted by molar-refractivity contribution is -0.105. The number of hydrogen-bond donors (Lipinski definition) is 1. The topological polar surface area (TPSA) is 75.6 Å². The molecule has 2 heterocycles. The van der Waals surface area contributed by atoms with Crippen molar-refractivity contribution in [3.8, 4) is 0 Å². The summed E-state index contributed by atoms with van der Waals surface area (Å²) in [6, 6.07) is 0. The number of allylic oxidation sites excluding steroid dienone is 6. The summed E-state index contributed by atoms with van der Waals surface area (Å²) in [7, 11) is 0.175. The van der Waals surface area contributed by atoms with Crippen molar-refractivity contribution in [2.24, 2.45) is 11.8 Å². The van der Waals surface area contributed by atoms with Gasteiger partial charge in [-0.2, -0.15) is 0 Å². The van der Waals surface area contributed by atoms with Gasteiger partial charge in [0.1, 0.15) is 0 Å². The van der Waals surface area contributed by atoms with E-state index >= 15 is 0 Å². The Morgan fingerprint density at radius 2 is 1.07 bits per heavy atom. The first kappa shape index (κ1) is 53.9. The predicted molar refractivity (Wildman–Crippen MR) is 248 cm³/mol. The van der Waals surface area contributed by atoms with Crippen molar-refractivity contribution in [2.75, 3.05) is 34.0 Å². The molecule has 2 aliphatic heterocycles. The van der Waals surface area contributed by atoms with Crippen molar-refractivity contribution in [2.45, 2.75) is 201 Å². The minimum Gasteiger partial charge on any atom is -0.417 e. The highest BCUT2D eigenvalue weighted by atomic mass is 28.4. The van der Waals surface area contributed by atoms with Crippen molar-refractivity contribution < 1.29 is 32.9 Å². The van der Waals surface area contributed by atoms with Crippen LogP contribution in [0, 0.1) is 11.8 Å². The van der Waals surface area contributed by atoms with E-state index in [2.05, 4.69) is 126 Å². The predicted octanol–water partition coefficient (Wildman–Crippen LogP) is 13.2. The van der Waals surface area contributed by atoms with E-state index in [0.717, 1.165) is 83.8 Å². The molecule has 332 valence electrons. The first-order chi connectivity index (χ1) is 26.5. The molecule has 0 aromatic heterocycles. The Hall–Kier alpha value is -1.15. The van der Waals surface area contributed by atoms with Gasteiger partial charge in [-0.3, -0.25) is 0 Å². The minimum absolute atomic E-state index is 0.0790. The normalized spacial score (nSPS) is 24.5. The maximum Gasteiger partial charge on any atom is 0.191 e. The Bertz CT molecular complexity index is 1270. The highest BCUT2D eigenvalue weighted by molar-refractivity contribution is 6.74. The summed E-state index contributed by atoms with van der Waals surface area (Å²) < 4.78 is 35.8. The molecule has 0 spiro atoms. The third kappa shape index (κ3) is 20.8. The van der Waals surface area contributed by atoms with Crippen LogP contribution in [0.5, 0.6) is 0 Å². The molecule has 0 amide bonds. The zero-order valence-electron chi connectivity index (χ0n) is 39.9. The average molecular weight is 835 g/mol. The van der Waals surface area contributed by atoms with Crippen LogP contribution in [-0.4, -0.2) is 80.6 Å². The molecule has 0 aromatic rings. The summed E-state index contributed by atoms with van der Waals surface area (Å²) in [6.07, 6.45) is 22.1. The van der Waals surface area contributed by atoms with Gasteiger partial charge >= 0.3 is 0 Å². The van der Waals surface area contributed by atoms with Gasteiger partial charge in [0.05, 0.1) is 12.2 Å². The third-order valence-corrected chi connectivity index (χ3v) is 21.8. The van der Waals surface area contributed by atoms with E-state index in [-0.39, 0.29) is 41.5 Å². The number of rotatable bonds is 23. The number of ether oxygens (including phenoxy) is 4. The molecule has 0 radical (unpaired) electrons. The van der Waals surface area contributed by atoms with Crippen molar-refractivity contribution in [1.82, 2.24) is 0 Å². The largest absolute Gasteiger partial charge is 0.417 e. The number of hydrogen-bond acceptors (Lipinski definition) is 7. The quantitative estimate of drug-likeness (QED) is 0.0475. The van der Waals surface area contributed by atoms with Crippen molar-refractivity contribution in [3.63, 3.8) is 0 Å². The van der Waals surface area contributed by atoms with Crippen LogP contribution in [-0.2, 0) is 27.8 Å². The van der Waals surface area contributed by atoms with Crippen LogP contribution in [0.25, 0.3) is 0 Å². The molecule has 0 aliphatic carbocycles. The van der Waals surface area contributed by atoms with Crippen LogP contribution in [0.15, 0.2) is 59.3 Å². The smallest absolute Gasteiger partial charge is 0.191 e. The Kier molecular flexibility index (Phi) is 24.8. The fourth-order valence-corrected chi connectivity index (χ4v) is 8.88. The van der Waals surface area contributed by atoms with E-state index in [1.54, 1.807) is 14.2 Å². The van der Waals surface area contributed by atoms with Crippen LogP contribution in [0.3, 0.4) is 0 Å². The maximum atomic E-state index is 8.98. The molecule has 6 atom stereocenters. The molecule has 9 heteroatoms. The zero-order chi connectivity index (χ0) is 43.5. The van der Waals surface area contributed by atoms with Gasteiger partial charge in [-0.15, -0.1) is 0 Å². The van der Waals surface area contributed by atoms with Crippen LogP contribution < -0.4 is 0 Å². The molecule has 6 unspecified atom stereocenters. The zero-order valence-corrected chi connectivity index (χ0v) is 41.9. The molecule has 2 rings (SSSR count). The third-order valence-electron chi connectivity index (χ3n) is 12.8. The summed E-state index contributed by atoms with van der Waals surface area (Å²) in [5.74, 6) is 0.993. The standard InChI is InChI=1S/C24H46O4Si.C24H44O3Si/c1-19(11-9-15-25)13-14-21-18-23(26-6)28-22(21)17-20(2)12-10-16-27-29(7,8)24(3,4)5;1-10-12-19(2)14-15-21-18-23(25-7)27-22(21)17-20(3)13-11-16-26-28(8,9)24(4,5)6/h11,17,21-23,25H,9-10,12-16,18H2,1-8H3;10,12,17,21-23H,1,11,13-16,18H2,2-9H3/b19-11+,20-17+;19-12+,20-17+. The highest BCUT2D eigenvalue weighted by Crippen LogP contribution is 2.38. The lowest BCUT2D eigenvalue weighted by Crippen LogP contribution is -2.40. The maximum absolute atomic E-state index is 8.98. The second-order valence-electron chi connectivity index (χ2n) is 19.9. The minimum atomic E-state index is -1.65. The SMILES string of the molecule is C=C/C=C(\C)CCC1CC(OC)OC1/C=C(\C)CCCO[Si](C)(C)C(C)(C)C.COC1CC(CC/C(C)=C/CCO)C(/C=C(\C)CCCO[Si](C)(C)C(C)(C)C)O1. The average Bonchev–Trinajstić information content (AvgIpc) is 3.71. The summed E-state index contributed by atoms with van der Waals surface area (Å²) in [6.45, 7) is 37.4. The molecule has 7 nitrogen and oxygen atoms in total. The van der Waals surface area contributed by atoms with Gasteiger partial charge in [-0.05, 0) is 134 Å². The molecule has 0 bridgehead atoms. The number of methoxy groups -OCH3 is 2. The fourth-order valence-electron chi connectivity index (χ4n) is 6.71. The molecule has 2 fully saturated rings. The lowest BCUT2D eigenvalue weighted by Gasteiger charge is -2.36. The molecule has 1 N–H and O–H groups in total. The molecule has 2 aliphatic rings. The van der Waals surface area contributed by atoms with E-state index < -0.39 is 16.6 Å². The van der Waals surface area contributed by atoms with Crippen LogP contribution >= 0.6 is 0 Å². The van der Waals surface area contributed by atoms with Gasteiger partial charge in [-0.1, -0.05) is 101 Å². The fraction of sp³-hybridized carbons (Fsp3) is 0.792. The van der Waals surface area contributed by atoms with E-state index in [1.165, 1.54) is 22.3 Å². The van der Waals surface area contributed by atoms with Crippen LogP contribution in [0.2, 0.25) is 36.3 Å². The molecule has 2 saturated heterocycles. The van der Waals surface area contributed by atoms with E-state index in [4.69, 9.17) is 32.9 Å². The van der Waals surface area contributed by atoms with Gasteiger partial charge in [0.2, 0.25) is 0 Å². The summed E-state index contributed by atoms with van der Waals surface area (Å²) >= 11 is 0. The van der Waals surface area contributed by atoms with Crippen LogP contribution in [0.1, 0.15) is 140 Å². The summed E-state index contributed by atoms with van der Waals surface area (Å²) in [4.78, 5) is 0. The van der Waals surface area contributed by atoms with Crippen LogP contribution in [0.4, 0.5) is 0 Å². The molecule has 0 aromatic carbocycles. The summed E-state index contributed by atoms with van der Waals surface area (Å²) in [5, 5.41) is 9.52. The van der Waals surface area contributed by atoms with Gasteiger partial charge in [-0.25, -0.2) is 0 Å². The summed E-state index contributed by atoms with van der Waals surface area (Å²) in [5.41, 5.74) is 5.49. The van der Waals surface area contributed by atoms with Gasteiger partial charge in [0.25, 0.3) is 0 Å².